The van der Waals surface area contributed by atoms with Crippen molar-refractivity contribution in [3.05, 3.63) is 35.4 Å². The molecule has 0 aliphatic carbocycles. The van der Waals surface area contributed by atoms with Crippen molar-refractivity contribution in [1.82, 2.24) is 0 Å². The monoisotopic (exact) mass is 271 g/mol. The lowest BCUT2D eigenvalue weighted by Gasteiger charge is -2.15. The second-order valence-electron chi connectivity index (χ2n) is 3.93. The minimum atomic E-state index is -4.39. The first kappa shape index (κ1) is 14.9. The predicted octanol–water partition coefficient (Wildman–Crippen LogP) is 2.47. The molecule has 18 heavy (non-hydrogen) atoms. The summed E-state index contributed by atoms with van der Waals surface area (Å²) < 4.78 is 14.9. The molecule has 0 aliphatic rings. The van der Waals surface area contributed by atoms with Gasteiger partial charge in [-0.25, -0.2) is 4.57 Å². The maximum absolute atomic E-state index is 10.5. The molecule has 1 rings (SSSR count). The molecule has 0 atom stereocenters. The third kappa shape index (κ3) is 4.27. The molecule has 5 nitrogen and oxygen atoms in total. The first-order chi connectivity index (χ1) is 8.35. The summed E-state index contributed by atoms with van der Waals surface area (Å²) >= 11 is 0. The number of benzene rings is 1. The van der Waals surface area contributed by atoms with Crippen molar-refractivity contribution in [1.29, 1.82) is 0 Å². The summed E-state index contributed by atoms with van der Waals surface area (Å²) in [5, 5.41) is 3.11. The average Bonchev–Trinajstić information content (AvgIpc) is 2.28. The second-order valence-corrected chi connectivity index (χ2v) is 5.17. The standard InChI is InChI=1S/C12H18NO4P/c1-4-11-6-5-9(2)10(3)12(11)13-7-8-17-18(14,15)16/h4-6,13H,1,7-8H2,2-3H3,(H2,14,15,16). The van der Waals surface area contributed by atoms with Crippen molar-refractivity contribution in [2.24, 2.45) is 0 Å². The Labute approximate surface area is 107 Å². The van der Waals surface area contributed by atoms with E-state index in [1.165, 1.54) is 0 Å². The first-order valence-corrected chi connectivity index (χ1v) is 7.05. The molecule has 6 heteroatoms. The maximum atomic E-state index is 10.5. The molecule has 0 heterocycles. The highest BCUT2D eigenvalue weighted by molar-refractivity contribution is 7.46. The number of nitrogens with one attached hydrogen (secondary N) is 1. The summed E-state index contributed by atoms with van der Waals surface area (Å²) in [5.41, 5.74) is 4.09. The Morgan fingerprint density at radius 1 is 1.44 bits per heavy atom. The molecule has 0 aliphatic heterocycles. The molecule has 0 radical (unpaired) electrons. The van der Waals surface area contributed by atoms with Crippen molar-refractivity contribution in [3.63, 3.8) is 0 Å². The van der Waals surface area contributed by atoms with Gasteiger partial charge in [-0.1, -0.05) is 24.8 Å². The van der Waals surface area contributed by atoms with Crippen LogP contribution in [0.5, 0.6) is 0 Å². The minimum Gasteiger partial charge on any atom is -0.382 e. The van der Waals surface area contributed by atoms with Gasteiger partial charge in [0, 0.05) is 12.2 Å². The van der Waals surface area contributed by atoms with E-state index in [2.05, 4.69) is 16.4 Å². The third-order valence-corrected chi connectivity index (χ3v) is 3.17. The number of aryl methyl sites for hydroxylation is 1. The van der Waals surface area contributed by atoms with Crippen LogP contribution in [0.25, 0.3) is 6.08 Å². The van der Waals surface area contributed by atoms with Gasteiger partial charge in [0.25, 0.3) is 0 Å². The molecule has 3 N–H and O–H groups in total. The lowest BCUT2D eigenvalue weighted by molar-refractivity contribution is 0.204. The van der Waals surface area contributed by atoms with Gasteiger partial charge in [-0.2, -0.15) is 0 Å². The van der Waals surface area contributed by atoms with Crippen molar-refractivity contribution in [2.45, 2.75) is 13.8 Å². The van der Waals surface area contributed by atoms with E-state index in [0.29, 0.717) is 6.54 Å². The number of phosphoric ester groups is 1. The van der Waals surface area contributed by atoms with Crippen LogP contribution in [-0.2, 0) is 9.09 Å². The Hall–Kier alpha value is -1.13. The van der Waals surface area contributed by atoms with Crippen LogP contribution < -0.4 is 5.32 Å². The highest BCUT2D eigenvalue weighted by atomic mass is 31.2. The van der Waals surface area contributed by atoms with E-state index in [1.54, 1.807) is 6.08 Å². The second kappa shape index (κ2) is 6.16. The third-order valence-electron chi connectivity index (χ3n) is 2.65. The number of rotatable bonds is 6. The highest BCUT2D eigenvalue weighted by Crippen LogP contribution is 2.35. The zero-order valence-corrected chi connectivity index (χ0v) is 11.4. The fraction of sp³-hybridized carbons (Fsp3) is 0.333. The average molecular weight is 271 g/mol. The van der Waals surface area contributed by atoms with E-state index in [1.807, 2.05) is 26.0 Å². The van der Waals surface area contributed by atoms with Gasteiger partial charge in [0.2, 0.25) is 0 Å². The fourth-order valence-electron chi connectivity index (χ4n) is 1.58. The SMILES string of the molecule is C=Cc1ccc(C)c(C)c1NCCOP(=O)(O)O. The number of hydrogen-bond donors (Lipinski definition) is 3. The summed E-state index contributed by atoms with van der Waals surface area (Å²) in [6.07, 6.45) is 1.73. The van der Waals surface area contributed by atoms with E-state index in [9.17, 15) is 4.57 Å². The lowest BCUT2D eigenvalue weighted by atomic mass is 10.0. The van der Waals surface area contributed by atoms with Crippen LogP contribution >= 0.6 is 7.82 Å². The molecule has 100 valence electrons. The Bertz CT molecular complexity index is 481. The summed E-state index contributed by atoms with van der Waals surface area (Å²) in [7, 11) is -4.39. The smallest absolute Gasteiger partial charge is 0.382 e. The van der Waals surface area contributed by atoms with Crippen LogP contribution in [0, 0.1) is 13.8 Å². The molecule has 1 aromatic rings. The maximum Gasteiger partial charge on any atom is 0.469 e. The van der Waals surface area contributed by atoms with Gasteiger partial charge in [-0.3, -0.25) is 4.52 Å². The zero-order chi connectivity index (χ0) is 13.8. The molecule has 0 unspecified atom stereocenters. The summed E-state index contributed by atoms with van der Waals surface area (Å²) in [5.74, 6) is 0. The van der Waals surface area contributed by atoms with Gasteiger partial charge in [0.05, 0.1) is 6.61 Å². The van der Waals surface area contributed by atoms with Crippen molar-refractivity contribution >= 4 is 19.6 Å². The molecule has 0 amide bonds. The Kier molecular flexibility index (Phi) is 5.11. The molecule has 0 bridgehead atoms. The summed E-state index contributed by atoms with van der Waals surface area (Å²) in [6.45, 7) is 7.97. The molecule has 1 aromatic carbocycles. The van der Waals surface area contributed by atoms with Crippen molar-refractivity contribution < 1.29 is 18.9 Å². The van der Waals surface area contributed by atoms with Crippen LogP contribution in [0.15, 0.2) is 18.7 Å². The van der Waals surface area contributed by atoms with Crippen LogP contribution in [0.2, 0.25) is 0 Å². The van der Waals surface area contributed by atoms with Gasteiger partial charge >= 0.3 is 7.82 Å². The van der Waals surface area contributed by atoms with Gasteiger partial charge < -0.3 is 15.1 Å². The van der Waals surface area contributed by atoms with Gasteiger partial charge in [0.1, 0.15) is 0 Å². The molecule has 0 fully saturated rings. The largest absolute Gasteiger partial charge is 0.469 e. The Balaban J connectivity index is 2.69. The van der Waals surface area contributed by atoms with E-state index in [-0.39, 0.29) is 6.61 Å². The highest BCUT2D eigenvalue weighted by Gasteiger charge is 2.13. The van der Waals surface area contributed by atoms with Crippen LogP contribution in [0.3, 0.4) is 0 Å². The number of anilines is 1. The van der Waals surface area contributed by atoms with E-state index >= 15 is 0 Å². The minimum absolute atomic E-state index is 0.0613. The lowest BCUT2D eigenvalue weighted by Crippen LogP contribution is -2.10. The molecule has 0 saturated heterocycles. The van der Waals surface area contributed by atoms with Gasteiger partial charge in [-0.15, -0.1) is 0 Å². The molecular formula is C12H18NO4P. The van der Waals surface area contributed by atoms with Gasteiger partial charge in [-0.05, 0) is 30.5 Å². The van der Waals surface area contributed by atoms with Gasteiger partial charge in [0.15, 0.2) is 0 Å². The van der Waals surface area contributed by atoms with E-state index < -0.39 is 7.82 Å². The first-order valence-electron chi connectivity index (χ1n) is 5.51. The van der Waals surface area contributed by atoms with Crippen molar-refractivity contribution in [2.75, 3.05) is 18.5 Å². The normalized spacial score (nSPS) is 11.3. The Morgan fingerprint density at radius 3 is 2.67 bits per heavy atom. The number of phosphoric acid groups is 1. The predicted molar refractivity (Wildman–Crippen MR) is 72.5 cm³/mol. The van der Waals surface area contributed by atoms with Crippen LogP contribution in [0.1, 0.15) is 16.7 Å². The zero-order valence-electron chi connectivity index (χ0n) is 10.5. The van der Waals surface area contributed by atoms with Crippen LogP contribution in [-0.4, -0.2) is 22.9 Å². The van der Waals surface area contributed by atoms with Crippen LogP contribution in [0.4, 0.5) is 5.69 Å². The molecular weight excluding hydrogens is 253 g/mol. The Morgan fingerprint density at radius 2 is 2.11 bits per heavy atom. The van der Waals surface area contributed by atoms with E-state index in [0.717, 1.165) is 22.4 Å². The quantitative estimate of drug-likeness (QED) is 0.547. The fourth-order valence-corrected chi connectivity index (χ4v) is 1.91. The van der Waals surface area contributed by atoms with Crippen molar-refractivity contribution in [3.8, 4) is 0 Å². The molecule has 0 saturated carbocycles. The molecule has 0 aromatic heterocycles. The summed E-state index contributed by atoms with van der Waals surface area (Å²) in [4.78, 5) is 17.1. The number of hydrogen-bond acceptors (Lipinski definition) is 3. The topological polar surface area (TPSA) is 78.8 Å². The molecule has 0 spiro atoms. The summed E-state index contributed by atoms with van der Waals surface area (Å²) in [6, 6.07) is 3.95. The van der Waals surface area contributed by atoms with E-state index in [4.69, 9.17) is 9.79 Å².